The van der Waals surface area contributed by atoms with Crippen LogP contribution in [0.1, 0.15) is 141 Å². The molecule has 0 radical (unpaired) electrons. The maximum Gasteiger partial charge on any atom is 0.310 e. The van der Waals surface area contributed by atoms with Crippen molar-refractivity contribution < 1.29 is 65.0 Å². The van der Waals surface area contributed by atoms with Crippen LogP contribution in [-0.4, -0.2) is 159 Å². The third-order valence-electron chi connectivity index (χ3n) is 26.2. The molecule has 1 spiro atoms. The van der Waals surface area contributed by atoms with Crippen molar-refractivity contribution in [3.05, 3.63) is 41.9 Å². The Labute approximate surface area is 486 Å². The van der Waals surface area contributed by atoms with Crippen LogP contribution in [-0.2, 0) is 25.5 Å². The van der Waals surface area contributed by atoms with E-state index in [1.54, 1.807) is 12.5 Å². The summed E-state index contributed by atoms with van der Waals surface area (Å²) in [6.45, 7) is 8.47. The lowest BCUT2D eigenvalue weighted by molar-refractivity contribution is -0.353. The van der Waals surface area contributed by atoms with E-state index in [2.05, 4.69) is 64.3 Å². The number of nitrogens with two attached hydrogens (primary N) is 1. The first-order valence-electron chi connectivity index (χ1n) is 31.5. The highest BCUT2D eigenvalue weighted by molar-refractivity contribution is 5.87. The lowest BCUT2D eigenvalue weighted by Crippen LogP contribution is -2.77. The number of carboxylic acids is 1. The van der Waals surface area contributed by atoms with E-state index in [9.17, 15) is 50.8 Å². The van der Waals surface area contributed by atoms with Crippen LogP contribution in [0.5, 0.6) is 0 Å². The molecule has 13 rings (SSSR count). The fourth-order valence-electron chi connectivity index (χ4n) is 22.5. The number of aromatic amines is 2. The molecule has 26 unspecified atom stereocenters. The van der Waals surface area contributed by atoms with Crippen LogP contribution in [0.3, 0.4) is 0 Å². The number of aliphatic carboxylic acids is 1. The summed E-state index contributed by atoms with van der Waals surface area (Å²) in [5, 5.41) is 114. The fraction of sp³-hybridized carbons (Fsp3) is 0.810. The number of allylic oxidation sites excluding steroid dienone is 2. The number of nitrogens with zero attached hydrogens (tertiary/aromatic N) is 2. The van der Waals surface area contributed by atoms with Crippen LogP contribution in [0, 0.1) is 109 Å². The highest BCUT2D eigenvalue weighted by Crippen LogP contribution is 2.82. The minimum atomic E-state index is -1.70. The van der Waals surface area contributed by atoms with Crippen molar-refractivity contribution in [2.75, 3.05) is 31.7 Å². The van der Waals surface area contributed by atoms with Gasteiger partial charge in [0.25, 0.3) is 0 Å². The van der Waals surface area contributed by atoms with Gasteiger partial charge in [0, 0.05) is 60.7 Å². The molecule has 20 nitrogen and oxygen atoms in total. The van der Waals surface area contributed by atoms with Gasteiger partial charge in [0.05, 0.1) is 60.7 Å². The van der Waals surface area contributed by atoms with Crippen LogP contribution in [0.15, 0.2) is 30.5 Å². The maximum atomic E-state index is 15.8. The molecule has 3 aliphatic heterocycles. The molecule has 0 aromatic carbocycles. The number of ether oxygens (including phenoxy) is 2. The number of aliphatic hydroxyl groups is 8. The van der Waals surface area contributed by atoms with Crippen molar-refractivity contribution in [2.24, 2.45) is 103 Å². The van der Waals surface area contributed by atoms with Crippen molar-refractivity contribution >= 4 is 17.7 Å². The van der Waals surface area contributed by atoms with Crippen molar-refractivity contribution in [2.45, 2.75) is 192 Å². The van der Waals surface area contributed by atoms with Crippen molar-refractivity contribution in [1.82, 2.24) is 25.3 Å². The molecule has 5 heterocycles. The van der Waals surface area contributed by atoms with Crippen molar-refractivity contribution in [1.29, 1.82) is 0 Å². The molecule has 6 saturated carbocycles. The van der Waals surface area contributed by atoms with Crippen LogP contribution < -0.4 is 16.4 Å². The number of fused-ring (bicyclic) bond motifs is 8. The number of carbonyl (C=O) groups excluding carboxylic acids is 1. The topological polar surface area (TPSA) is 342 Å². The second-order valence-electron chi connectivity index (χ2n) is 29.4. The zero-order valence-corrected chi connectivity index (χ0v) is 48.6. The number of amides is 1. The Hall–Kier alpha value is -3.98. The van der Waals surface area contributed by atoms with E-state index in [0.717, 1.165) is 49.2 Å². The smallest absolute Gasteiger partial charge is 0.310 e. The molecule has 2 aromatic rings. The first kappa shape index (κ1) is 58.1. The lowest BCUT2D eigenvalue weighted by atomic mass is 9.26. The second-order valence-corrected chi connectivity index (χ2v) is 29.4. The summed E-state index contributed by atoms with van der Waals surface area (Å²) in [6, 6.07) is -0.781. The molecule has 2 saturated heterocycles. The molecule has 26 atom stereocenters. The van der Waals surface area contributed by atoms with Gasteiger partial charge in [-0.25, -0.2) is 9.97 Å². The van der Waals surface area contributed by atoms with Gasteiger partial charge in [0.1, 0.15) is 30.4 Å². The summed E-state index contributed by atoms with van der Waals surface area (Å²) >= 11 is 0. The van der Waals surface area contributed by atoms with Gasteiger partial charge in [-0.2, -0.15) is 0 Å². The predicted octanol–water partition coefficient (Wildman–Crippen LogP) is 3.31. The second kappa shape index (κ2) is 20.6. The largest absolute Gasteiger partial charge is 0.481 e. The predicted molar refractivity (Wildman–Crippen MR) is 300 cm³/mol. The lowest BCUT2D eigenvalue weighted by Gasteiger charge is -2.78. The van der Waals surface area contributed by atoms with Gasteiger partial charge in [0.15, 0.2) is 6.29 Å². The van der Waals surface area contributed by atoms with Crippen LogP contribution in [0.4, 0.5) is 5.82 Å². The number of hydrogen-bond donors (Lipinski definition) is 14. The molecule has 83 heavy (non-hydrogen) atoms. The van der Waals surface area contributed by atoms with Gasteiger partial charge in [-0.05, 0) is 140 Å². The Bertz CT molecular complexity index is 2890. The van der Waals surface area contributed by atoms with E-state index < -0.39 is 147 Å². The minimum Gasteiger partial charge on any atom is -0.481 e. The normalized spacial score (nSPS) is 49.1. The van der Waals surface area contributed by atoms with E-state index in [0.29, 0.717) is 70.0 Å². The molecular formula is C63H91N7O13. The van der Waals surface area contributed by atoms with Crippen molar-refractivity contribution in [3.8, 4) is 11.8 Å². The minimum absolute atomic E-state index is 0.0618. The highest BCUT2D eigenvalue weighted by Gasteiger charge is 2.80. The molecular weight excluding hydrogens is 1060 g/mol. The van der Waals surface area contributed by atoms with E-state index in [1.165, 1.54) is 6.33 Å². The number of rotatable bonds is 11. The number of carboxylic acid groups (broad SMARTS) is 1. The first-order chi connectivity index (χ1) is 39.6. The monoisotopic (exact) mass is 1150 g/mol. The molecule has 20 heteroatoms. The van der Waals surface area contributed by atoms with Crippen LogP contribution >= 0.6 is 0 Å². The Balaban J connectivity index is 1.11. The number of H-pyrrole nitrogens is 2. The summed E-state index contributed by atoms with van der Waals surface area (Å²) in [4.78, 5) is 46.5. The summed E-state index contributed by atoms with van der Waals surface area (Å²) in [7, 11) is 0. The highest BCUT2D eigenvalue weighted by atomic mass is 16.7. The van der Waals surface area contributed by atoms with Crippen molar-refractivity contribution in [3.63, 3.8) is 0 Å². The molecule has 456 valence electrons. The van der Waals surface area contributed by atoms with Gasteiger partial charge >= 0.3 is 5.97 Å². The number of anilines is 1. The molecule has 8 aliphatic carbocycles. The van der Waals surface area contributed by atoms with E-state index in [4.69, 9.17) is 20.2 Å². The van der Waals surface area contributed by atoms with E-state index in [1.807, 2.05) is 6.92 Å². The zero-order valence-electron chi connectivity index (χ0n) is 48.6. The summed E-state index contributed by atoms with van der Waals surface area (Å²) in [5.41, 5.74) is 2.14. The van der Waals surface area contributed by atoms with Gasteiger partial charge < -0.3 is 81.8 Å². The molecule has 2 aromatic heterocycles. The SMILES string of the molecule is CC1(CO)CCC2(C(=O)O)C(C1)C1=CC3C#CC4CCCC45C(=O)NC(C(c4cnc[nH]4)C(O)CC(N)O)C5CC4C(O)C(OC5OCC(O)C(O)C5O)C(C)(CO)C5CCC(C)(C3C45C3CCCCC3)C1(C)C1Cc3[nH]cnc3NCC12. The number of hydrogen-bond acceptors (Lipinski definition) is 16. The molecule has 11 aliphatic rings. The average Bonchev–Trinajstić information content (AvgIpc) is 0.938. The standard InChI is InChI=1S/C63H91N7O13/c1-57(27-71)17-18-62(56(80)81)38(23-57)34-19-31-12-13-32-11-8-15-61(32)36(47(70-55(61)79)46(41-25-65-29-67-41)42(73)22-45(64)75)20-37-48(76)52(83-54-50(78)49(77)43(74)26-82-54)58(2,28-72)44-14-16-59(3,51(31)63(37,44)33-9-6-5-7-10-33)60(34,4)35-21-40-53(69-30-68-40)66-24-39(35)62/h19,25,29-33,35-39,42-52,54,66,71-78H,5-11,14-18,20-24,26-28,64H2,1-4H3,(H,65,67)(H,68,69)(H,70,79)(H,80,81). The summed E-state index contributed by atoms with van der Waals surface area (Å²) in [5.74, 6) is 2.59. The Morgan fingerprint density at radius 2 is 1.67 bits per heavy atom. The van der Waals surface area contributed by atoms with Gasteiger partial charge in [-0.3, -0.25) is 9.59 Å². The van der Waals surface area contributed by atoms with Crippen LogP contribution in [0.25, 0.3) is 0 Å². The number of aliphatic hydroxyl groups excluding tert-OH is 8. The number of carbonyl (C=O) groups is 2. The van der Waals surface area contributed by atoms with E-state index in [-0.39, 0.29) is 55.6 Å². The third kappa shape index (κ3) is 7.96. The zero-order chi connectivity index (χ0) is 58.6. The number of imidazole rings is 2. The van der Waals surface area contributed by atoms with Gasteiger partial charge in [0.2, 0.25) is 5.91 Å². The molecule has 0 bridgehead atoms. The number of aromatic nitrogens is 4. The Morgan fingerprint density at radius 3 is 2.39 bits per heavy atom. The quantitative estimate of drug-likeness (QED) is 0.0664. The fourth-order valence-corrected chi connectivity index (χ4v) is 22.5. The average molecular weight is 1150 g/mol. The number of nitrogens with one attached hydrogen (secondary N) is 4. The van der Waals surface area contributed by atoms with Gasteiger partial charge in [-0.15, -0.1) is 0 Å². The van der Waals surface area contributed by atoms with Gasteiger partial charge in [-0.1, -0.05) is 76.9 Å². The first-order valence-corrected chi connectivity index (χ1v) is 31.5. The molecule has 15 N–H and O–H groups in total. The summed E-state index contributed by atoms with van der Waals surface area (Å²) < 4.78 is 13.0. The Morgan fingerprint density at radius 1 is 0.892 bits per heavy atom. The van der Waals surface area contributed by atoms with Crippen LogP contribution in [0.2, 0.25) is 0 Å². The molecule has 1 amide bonds. The summed E-state index contributed by atoms with van der Waals surface area (Å²) in [6.07, 6.45) is 5.19. The van der Waals surface area contributed by atoms with E-state index >= 15 is 4.79 Å². The third-order valence-corrected chi connectivity index (χ3v) is 26.2. The maximum absolute atomic E-state index is 15.8. The Kier molecular flexibility index (Phi) is 14.4. The molecule has 8 fully saturated rings.